The zero-order chi connectivity index (χ0) is 20.8. The van der Waals surface area contributed by atoms with Gasteiger partial charge in [0.1, 0.15) is 0 Å². The van der Waals surface area contributed by atoms with Crippen molar-refractivity contribution >= 4 is 29.9 Å². The van der Waals surface area contributed by atoms with Crippen LogP contribution in [0.5, 0.6) is 0 Å². The second-order valence-electron chi connectivity index (χ2n) is 8.47. The molecule has 0 amide bonds. The van der Waals surface area contributed by atoms with Gasteiger partial charge in [0, 0.05) is 45.7 Å². The Bertz CT molecular complexity index is 826. The molecule has 1 aromatic carbocycles. The highest BCUT2D eigenvalue weighted by molar-refractivity contribution is 14.0. The van der Waals surface area contributed by atoms with Crippen LogP contribution in [0.25, 0.3) is 0 Å². The number of nitrogens with one attached hydrogen (secondary N) is 1. The molecule has 2 atom stereocenters. The maximum atomic E-state index is 5.19. The Morgan fingerprint density at radius 2 is 2.06 bits per heavy atom. The van der Waals surface area contributed by atoms with Crippen molar-refractivity contribution in [2.75, 3.05) is 33.2 Å². The van der Waals surface area contributed by atoms with Crippen LogP contribution in [-0.2, 0) is 13.0 Å². The van der Waals surface area contributed by atoms with Crippen LogP contribution >= 0.6 is 24.0 Å². The molecule has 0 saturated carbocycles. The van der Waals surface area contributed by atoms with Crippen molar-refractivity contribution in [3.63, 3.8) is 0 Å². The lowest BCUT2D eigenvalue weighted by atomic mass is 9.83. The van der Waals surface area contributed by atoms with E-state index in [-0.39, 0.29) is 24.0 Å². The van der Waals surface area contributed by atoms with Gasteiger partial charge in [0.2, 0.25) is 5.89 Å². The van der Waals surface area contributed by atoms with Gasteiger partial charge in [0.25, 0.3) is 0 Å². The SMILES string of the molecule is CN=C(NCCCc1nc(C)no1)N1CCC2C(CCCN2Cc2ccccc2)C1.I. The first-order valence-corrected chi connectivity index (χ1v) is 11.3. The summed E-state index contributed by atoms with van der Waals surface area (Å²) in [6, 6.07) is 11.6. The van der Waals surface area contributed by atoms with Gasteiger partial charge in [-0.15, -0.1) is 24.0 Å². The Morgan fingerprint density at radius 1 is 1.23 bits per heavy atom. The third-order valence-corrected chi connectivity index (χ3v) is 6.34. The van der Waals surface area contributed by atoms with Gasteiger partial charge in [-0.2, -0.15) is 4.98 Å². The average Bonchev–Trinajstić information content (AvgIpc) is 3.19. The van der Waals surface area contributed by atoms with Crippen LogP contribution in [0.2, 0.25) is 0 Å². The molecule has 0 aliphatic carbocycles. The van der Waals surface area contributed by atoms with Crippen LogP contribution in [0.1, 0.15) is 43.0 Å². The van der Waals surface area contributed by atoms with E-state index in [0.29, 0.717) is 17.8 Å². The van der Waals surface area contributed by atoms with Crippen LogP contribution in [0.3, 0.4) is 0 Å². The Balaban J connectivity index is 0.00000272. The second kappa shape index (κ2) is 11.8. The molecule has 2 fully saturated rings. The Kier molecular flexibility index (Phi) is 9.13. The third-order valence-electron chi connectivity index (χ3n) is 6.34. The van der Waals surface area contributed by atoms with Gasteiger partial charge >= 0.3 is 0 Å². The second-order valence-corrected chi connectivity index (χ2v) is 8.47. The normalized spacial score (nSPS) is 22.0. The van der Waals surface area contributed by atoms with Crippen molar-refractivity contribution in [2.24, 2.45) is 10.9 Å². The number of hydrogen-bond acceptors (Lipinski definition) is 5. The first kappa shape index (κ1) is 24.0. The minimum atomic E-state index is 0. The van der Waals surface area contributed by atoms with E-state index in [1.54, 1.807) is 0 Å². The first-order chi connectivity index (χ1) is 14.7. The number of guanidine groups is 1. The molecule has 0 spiro atoms. The number of fused-ring (bicyclic) bond motifs is 1. The van der Waals surface area contributed by atoms with Crippen LogP contribution in [0.4, 0.5) is 0 Å². The molecule has 8 heteroatoms. The summed E-state index contributed by atoms with van der Waals surface area (Å²) in [5.41, 5.74) is 1.43. The smallest absolute Gasteiger partial charge is 0.226 e. The van der Waals surface area contributed by atoms with E-state index in [1.807, 2.05) is 14.0 Å². The van der Waals surface area contributed by atoms with Gasteiger partial charge in [-0.3, -0.25) is 9.89 Å². The quantitative estimate of drug-likeness (QED) is 0.263. The van der Waals surface area contributed by atoms with E-state index in [1.165, 1.54) is 31.4 Å². The third kappa shape index (κ3) is 6.41. The molecule has 3 heterocycles. The molecule has 1 N–H and O–H groups in total. The van der Waals surface area contributed by atoms with Crippen LogP contribution in [0, 0.1) is 12.8 Å². The molecule has 2 aliphatic heterocycles. The number of hydrogen-bond donors (Lipinski definition) is 1. The lowest BCUT2D eigenvalue weighted by Gasteiger charge is -2.48. The van der Waals surface area contributed by atoms with Gasteiger partial charge in [-0.1, -0.05) is 35.5 Å². The molecule has 170 valence electrons. The van der Waals surface area contributed by atoms with Gasteiger partial charge in [-0.25, -0.2) is 0 Å². The Hall–Kier alpha value is -1.68. The minimum absolute atomic E-state index is 0. The highest BCUT2D eigenvalue weighted by Gasteiger charge is 2.36. The van der Waals surface area contributed by atoms with Gasteiger partial charge < -0.3 is 14.7 Å². The lowest BCUT2D eigenvalue weighted by molar-refractivity contribution is 0.0372. The number of piperidine rings is 2. The number of aryl methyl sites for hydroxylation is 2. The molecule has 31 heavy (non-hydrogen) atoms. The number of aromatic nitrogens is 2. The highest BCUT2D eigenvalue weighted by Crippen LogP contribution is 2.31. The molecule has 2 unspecified atom stereocenters. The molecule has 7 nitrogen and oxygen atoms in total. The standard InChI is InChI=1S/C23H34N6O.HI/c1-18-26-22(30-27-18)11-6-13-25-23(24-2)29-15-12-21-20(17-29)10-7-14-28(21)16-19-8-4-3-5-9-19;/h3-5,8-9,20-21H,6-7,10-17H2,1-2H3,(H,24,25);1H. The zero-order valence-electron chi connectivity index (χ0n) is 18.7. The Labute approximate surface area is 202 Å². The first-order valence-electron chi connectivity index (χ1n) is 11.3. The monoisotopic (exact) mass is 538 g/mol. The van der Waals surface area contributed by atoms with Crippen molar-refractivity contribution in [1.82, 2.24) is 25.3 Å². The summed E-state index contributed by atoms with van der Waals surface area (Å²) in [5, 5.41) is 7.38. The number of aliphatic imine (C=N–C) groups is 1. The molecule has 0 bridgehead atoms. The van der Waals surface area contributed by atoms with Crippen LogP contribution in [0.15, 0.2) is 39.8 Å². The number of nitrogens with zero attached hydrogens (tertiary/aromatic N) is 5. The van der Waals surface area contributed by atoms with Crippen molar-refractivity contribution in [1.29, 1.82) is 0 Å². The van der Waals surface area contributed by atoms with Crippen molar-refractivity contribution in [3.05, 3.63) is 47.6 Å². The fourth-order valence-electron chi connectivity index (χ4n) is 4.93. The van der Waals surface area contributed by atoms with E-state index in [0.717, 1.165) is 50.9 Å². The molecule has 2 saturated heterocycles. The molecule has 1 aromatic heterocycles. The Morgan fingerprint density at radius 3 is 2.81 bits per heavy atom. The fraction of sp³-hybridized carbons (Fsp3) is 0.609. The molecule has 4 rings (SSSR count). The van der Waals surface area contributed by atoms with Gasteiger partial charge in [-0.05, 0) is 50.6 Å². The lowest BCUT2D eigenvalue weighted by Crippen LogP contribution is -2.56. The van der Waals surface area contributed by atoms with Gasteiger partial charge in [0.05, 0.1) is 0 Å². The summed E-state index contributed by atoms with van der Waals surface area (Å²) in [7, 11) is 1.89. The van der Waals surface area contributed by atoms with E-state index >= 15 is 0 Å². The van der Waals surface area contributed by atoms with Crippen LogP contribution in [-0.4, -0.2) is 65.2 Å². The average molecular weight is 538 g/mol. The number of halogens is 1. The maximum absolute atomic E-state index is 5.19. The van der Waals surface area contributed by atoms with Gasteiger partial charge in [0.15, 0.2) is 11.8 Å². The summed E-state index contributed by atoms with van der Waals surface area (Å²) in [5.74, 6) is 3.16. The summed E-state index contributed by atoms with van der Waals surface area (Å²) >= 11 is 0. The predicted octanol–water partition coefficient (Wildman–Crippen LogP) is 3.49. The van der Waals surface area contributed by atoms with Crippen molar-refractivity contribution in [2.45, 2.75) is 51.6 Å². The number of rotatable bonds is 6. The molecular weight excluding hydrogens is 503 g/mol. The summed E-state index contributed by atoms with van der Waals surface area (Å²) < 4.78 is 5.19. The van der Waals surface area contributed by atoms with Crippen LogP contribution < -0.4 is 5.32 Å². The highest BCUT2D eigenvalue weighted by atomic mass is 127. The molecule has 2 aromatic rings. The molecule has 2 aliphatic rings. The summed E-state index contributed by atoms with van der Waals surface area (Å²) in [6.45, 7) is 7.16. The van der Waals surface area contributed by atoms with Crippen molar-refractivity contribution in [3.8, 4) is 0 Å². The number of likely N-dealkylation sites (tertiary alicyclic amines) is 2. The fourth-order valence-corrected chi connectivity index (χ4v) is 4.93. The van der Waals surface area contributed by atoms with E-state index in [2.05, 4.69) is 60.6 Å². The zero-order valence-corrected chi connectivity index (χ0v) is 21.0. The number of benzene rings is 1. The summed E-state index contributed by atoms with van der Waals surface area (Å²) in [4.78, 5) is 14.0. The molecular formula is C23H35IN6O. The van der Waals surface area contributed by atoms with E-state index in [9.17, 15) is 0 Å². The maximum Gasteiger partial charge on any atom is 0.226 e. The predicted molar refractivity (Wildman–Crippen MR) is 134 cm³/mol. The van der Waals surface area contributed by atoms with E-state index < -0.39 is 0 Å². The van der Waals surface area contributed by atoms with E-state index in [4.69, 9.17) is 4.52 Å². The van der Waals surface area contributed by atoms with Crippen molar-refractivity contribution < 1.29 is 4.52 Å². The minimum Gasteiger partial charge on any atom is -0.356 e. The summed E-state index contributed by atoms with van der Waals surface area (Å²) in [6.07, 6.45) is 5.56. The topological polar surface area (TPSA) is 69.8 Å². The largest absolute Gasteiger partial charge is 0.356 e. The molecule has 0 radical (unpaired) electrons.